The van der Waals surface area contributed by atoms with Crippen molar-refractivity contribution in [2.24, 2.45) is 12.5 Å². The van der Waals surface area contributed by atoms with Crippen LogP contribution in [0.1, 0.15) is 34.5 Å². The lowest BCUT2D eigenvalue weighted by atomic mass is 9.60. The standard InChI is InChI=1S/C25H25F3N8O2/c1-15-11-34(14-29-15)19-6-16(25(26,27)28)5-17(7-19)31-23(38)32-18-8-24(9-18)12-35(13-24)22(37)20-10-30-36-4-3-33(2)21(20)36/h3-7,10-11,14,18H,8-9,12-13H2,1-2H3,(H2,31,32,38). The lowest BCUT2D eigenvalue weighted by molar-refractivity contribution is -0.137. The normalized spacial score (nSPS) is 16.9. The van der Waals surface area contributed by atoms with E-state index in [4.69, 9.17) is 0 Å². The summed E-state index contributed by atoms with van der Waals surface area (Å²) in [6, 6.07) is 2.69. The number of halogens is 3. The number of aryl methyl sites for hydroxylation is 2. The zero-order chi connectivity index (χ0) is 26.8. The van der Waals surface area contributed by atoms with Crippen LogP contribution in [0.4, 0.5) is 23.7 Å². The van der Waals surface area contributed by atoms with Crippen molar-refractivity contribution in [3.05, 3.63) is 66.1 Å². The van der Waals surface area contributed by atoms with Gasteiger partial charge < -0.3 is 24.7 Å². The molecule has 3 aromatic heterocycles. The number of carbonyl (C=O) groups excluding carboxylic acids is 2. The predicted molar refractivity (Wildman–Crippen MR) is 131 cm³/mol. The Morgan fingerprint density at radius 1 is 1.13 bits per heavy atom. The van der Waals surface area contributed by atoms with E-state index >= 15 is 0 Å². The first-order chi connectivity index (χ1) is 18.0. The number of rotatable bonds is 4. The molecule has 10 nitrogen and oxygen atoms in total. The highest BCUT2D eigenvalue weighted by atomic mass is 19.4. The first-order valence-electron chi connectivity index (χ1n) is 12.1. The first-order valence-corrected chi connectivity index (χ1v) is 12.1. The number of anilines is 1. The van der Waals surface area contributed by atoms with E-state index in [9.17, 15) is 22.8 Å². The van der Waals surface area contributed by atoms with Crippen LogP contribution in [0.15, 0.2) is 49.3 Å². The van der Waals surface area contributed by atoms with Gasteiger partial charge in [-0.15, -0.1) is 0 Å². The summed E-state index contributed by atoms with van der Waals surface area (Å²) < 4.78 is 45.4. The second-order valence-electron chi connectivity index (χ2n) is 10.3. The Hall–Kier alpha value is -4.29. The van der Waals surface area contributed by atoms with Crippen LogP contribution in [-0.2, 0) is 13.2 Å². The summed E-state index contributed by atoms with van der Waals surface area (Å²) >= 11 is 0. The number of urea groups is 1. The molecule has 4 aromatic rings. The number of benzene rings is 1. The van der Waals surface area contributed by atoms with Crippen LogP contribution >= 0.6 is 0 Å². The van der Waals surface area contributed by atoms with Crippen molar-refractivity contribution >= 4 is 23.3 Å². The molecular weight excluding hydrogens is 501 g/mol. The van der Waals surface area contributed by atoms with E-state index in [0.717, 1.165) is 17.8 Å². The summed E-state index contributed by atoms with van der Waals surface area (Å²) in [4.78, 5) is 31.4. The maximum Gasteiger partial charge on any atom is 0.416 e. The van der Waals surface area contributed by atoms with Gasteiger partial charge in [-0.05, 0) is 38.0 Å². The van der Waals surface area contributed by atoms with Crippen LogP contribution in [0.2, 0.25) is 0 Å². The molecule has 1 aliphatic carbocycles. The molecule has 6 rings (SSSR count). The summed E-state index contributed by atoms with van der Waals surface area (Å²) in [5.41, 5.74) is 1.29. The molecule has 0 bridgehead atoms. The fourth-order valence-electron chi connectivity index (χ4n) is 5.54. The number of amides is 3. The van der Waals surface area contributed by atoms with Gasteiger partial charge in [-0.1, -0.05) is 0 Å². The molecule has 2 N–H and O–H groups in total. The van der Waals surface area contributed by atoms with E-state index in [1.165, 1.54) is 17.0 Å². The average molecular weight is 527 g/mol. The molecule has 198 valence electrons. The Morgan fingerprint density at radius 2 is 1.89 bits per heavy atom. The van der Waals surface area contributed by atoms with E-state index in [0.29, 0.717) is 37.2 Å². The molecule has 13 heteroatoms. The number of nitrogens with zero attached hydrogens (tertiary/aromatic N) is 6. The minimum Gasteiger partial charge on any atom is -0.337 e. The van der Waals surface area contributed by atoms with Gasteiger partial charge in [0.1, 0.15) is 11.2 Å². The first kappa shape index (κ1) is 24.1. The largest absolute Gasteiger partial charge is 0.416 e. The number of alkyl halides is 3. The Morgan fingerprint density at radius 3 is 2.58 bits per heavy atom. The van der Waals surface area contributed by atoms with Crippen molar-refractivity contribution in [1.29, 1.82) is 0 Å². The quantitative estimate of drug-likeness (QED) is 0.424. The average Bonchev–Trinajstić information content (AvgIpc) is 3.51. The lowest BCUT2D eigenvalue weighted by Crippen LogP contribution is -2.67. The lowest BCUT2D eigenvalue weighted by Gasteiger charge is -2.58. The molecule has 4 heterocycles. The van der Waals surface area contributed by atoms with Crippen LogP contribution in [-0.4, -0.2) is 59.7 Å². The number of likely N-dealkylation sites (tertiary alicyclic amines) is 1. The predicted octanol–water partition coefficient (Wildman–Crippen LogP) is 3.61. The molecule has 0 unspecified atom stereocenters. The third-order valence-electron chi connectivity index (χ3n) is 7.31. The fourth-order valence-corrected chi connectivity index (χ4v) is 5.54. The number of hydrogen-bond donors (Lipinski definition) is 2. The van der Waals surface area contributed by atoms with Crippen molar-refractivity contribution in [2.45, 2.75) is 32.0 Å². The molecule has 1 aliphatic heterocycles. The summed E-state index contributed by atoms with van der Waals surface area (Å²) in [6.45, 7) is 2.92. The highest BCUT2D eigenvalue weighted by molar-refractivity contribution is 6.00. The molecule has 1 aromatic carbocycles. The summed E-state index contributed by atoms with van der Waals surface area (Å²) in [6.07, 6.45) is 5.04. The zero-order valence-electron chi connectivity index (χ0n) is 20.7. The van der Waals surface area contributed by atoms with Gasteiger partial charge >= 0.3 is 12.2 Å². The van der Waals surface area contributed by atoms with Gasteiger partial charge in [-0.2, -0.15) is 18.3 Å². The highest BCUT2D eigenvalue weighted by Crippen LogP contribution is 2.48. The molecule has 1 spiro atoms. The second-order valence-corrected chi connectivity index (χ2v) is 10.3. The summed E-state index contributed by atoms with van der Waals surface area (Å²) in [7, 11) is 1.86. The van der Waals surface area contributed by atoms with E-state index in [1.807, 2.05) is 17.8 Å². The van der Waals surface area contributed by atoms with Crippen LogP contribution in [0.5, 0.6) is 0 Å². The van der Waals surface area contributed by atoms with Crippen molar-refractivity contribution in [1.82, 2.24) is 33.9 Å². The molecular formula is C25H25F3N8O2. The van der Waals surface area contributed by atoms with Gasteiger partial charge in [0.25, 0.3) is 5.91 Å². The Kier molecular flexibility index (Phi) is 5.30. The van der Waals surface area contributed by atoms with Crippen molar-refractivity contribution in [3.8, 4) is 5.69 Å². The number of nitrogens with one attached hydrogen (secondary N) is 2. The van der Waals surface area contributed by atoms with E-state index in [1.54, 1.807) is 34.9 Å². The Balaban J connectivity index is 1.06. The van der Waals surface area contributed by atoms with Crippen molar-refractivity contribution in [2.75, 3.05) is 18.4 Å². The van der Waals surface area contributed by atoms with E-state index in [2.05, 4.69) is 20.7 Å². The Labute approximate surface area is 215 Å². The van der Waals surface area contributed by atoms with E-state index in [-0.39, 0.29) is 28.7 Å². The topological polar surface area (TPSA) is 101 Å². The molecule has 3 amide bonds. The smallest absolute Gasteiger partial charge is 0.337 e. The number of imidazole rings is 2. The SMILES string of the molecule is Cc1cn(-c2cc(NC(=O)NC3CC4(C3)CN(C(=O)c3cnn5ccn(C)c35)C4)cc(C(F)(F)F)c2)cn1. The second kappa shape index (κ2) is 8.36. The zero-order valence-corrected chi connectivity index (χ0v) is 20.7. The fraction of sp³-hybridized carbons (Fsp3) is 0.360. The molecule has 38 heavy (non-hydrogen) atoms. The van der Waals surface area contributed by atoms with E-state index < -0.39 is 17.8 Å². The van der Waals surface area contributed by atoms with Gasteiger partial charge in [-0.25, -0.2) is 14.3 Å². The summed E-state index contributed by atoms with van der Waals surface area (Å²) in [5, 5.41) is 9.60. The minimum absolute atomic E-state index is 0.0290. The minimum atomic E-state index is -4.57. The third kappa shape index (κ3) is 4.17. The molecule has 0 radical (unpaired) electrons. The van der Waals surface area contributed by atoms with Crippen LogP contribution in [0.3, 0.4) is 0 Å². The van der Waals surface area contributed by atoms with Crippen LogP contribution < -0.4 is 10.6 Å². The molecule has 2 aliphatic rings. The Bertz CT molecular complexity index is 1550. The number of aromatic nitrogens is 5. The number of fused-ring (bicyclic) bond motifs is 1. The third-order valence-corrected chi connectivity index (χ3v) is 7.31. The maximum absolute atomic E-state index is 13.5. The van der Waals surface area contributed by atoms with Gasteiger partial charge in [0.05, 0.1) is 23.8 Å². The van der Waals surface area contributed by atoms with Crippen molar-refractivity contribution < 1.29 is 22.8 Å². The molecule has 0 atom stereocenters. The highest BCUT2D eigenvalue weighted by Gasteiger charge is 2.54. The summed E-state index contributed by atoms with van der Waals surface area (Å²) in [5.74, 6) is -0.0741. The monoisotopic (exact) mass is 526 g/mol. The number of carbonyl (C=O) groups is 2. The molecule has 1 saturated heterocycles. The molecule has 1 saturated carbocycles. The van der Waals surface area contributed by atoms with Crippen LogP contribution in [0.25, 0.3) is 11.3 Å². The van der Waals surface area contributed by atoms with Gasteiger partial charge in [0, 0.05) is 61.6 Å². The maximum atomic E-state index is 13.5. The van der Waals surface area contributed by atoms with Gasteiger partial charge in [0.2, 0.25) is 0 Å². The van der Waals surface area contributed by atoms with Gasteiger partial charge in [-0.3, -0.25) is 4.79 Å². The van der Waals surface area contributed by atoms with Crippen molar-refractivity contribution in [3.63, 3.8) is 0 Å². The van der Waals surface area contributed by atoms with Gasteiger partial charge in [0.15, 0.2) is 0 Å². The van der Waals surface area contributed by atoms with Crippen LogP contribution in [0, 0.1) is 12.3 Å². The number of hydrogen-bond acceptors (Lipinski definition) is 4. The molecule has 2 fully saturated rings.